The van der Waals surface area contributed by atoms with Crippen LogP contribution in [0.15, 0.2) is 35.4 Å². The van der Waals surface area contributed by atoms with Crippen LogP contribution < -0.4 is 10.5 Å². The Hall–Kier alpha value is -1.94. The molecule has 24 heavy (non-hydrogen) atoms. The molecule has 2 aliphatic rings. The number of fused-ring (bicyclic) bond motifs is 4. The lowest BCUT2D eigenvalue weighted by molar-refractivity contribution is -0.143. The maximum atomic E-state index is 12.1. The molecular formula is C20H26N2O2. The average molecular weight is 326 g/mol. The van der Waals surface area contributed by atoms with Gasteiger partial charge in [-0.2, -0.15) is 0 Å². The molecule has 0 aromatic carbocycles. The Morgan fingerprint density at radius 2 is 2.12 bits per heavy atom. The minimum Gasteiger partial charge on any atom is -0.407 e. The molecule has 2 atom stereocenters. The van der Waals surface area contributed by atoms with Gasteiger partial charge in [-0.1, -0.05) is 17.7 Å². The van der Waals surface area contributed by atoms with E-state index in [2.05, 4.69) is 31.0 Å². The van der Waals surface area contributed by atoms with Crippen molar-refractivity contribution >= 4 is 5.97 Å². The molecule has 0 aliphatic heterocycles. The zero-order valence-corrected chi connectivity index (χ0v) is 15.1. The normalized spacial score (nSPS) is 27.5. The van der Waals surface area contributed by atoms with E-state index in [4.69, 9.17) is 10.5 Å². The van der Waals surface area contributed by atoms with E-state index in [-0.39, 0.29) is 11.9 Å². The maximum Gasteiger partial charge on any atom is 0.317 e. The van der Waals surface area contributed by atoms with E-state index in [1.54, 1.807) is 6.07 Å². The fourth-order valence-corrected chi connectivity index (χ4v) is 3.81. The number of ether oxygens (including phenoxy) is 1. The summed E-state index contributed by atoms with van der Waals surface area (Å²) in [6.07, 6.45) is 6.04. The van der Waals surface area contributed by atoms with Crippen LogP contribution in [-0.4, -0.2) is 11.0 Å². The molecule has 3 rings (SSSR count). The first-order valence-corrected chi connectivity index (χ1v) is 8.50. The van der Waals surface area contributed by atoms with Gasteiger partial charge in [0.15, 0.2) is 0 Å². The number of esters is 1. The van der Waals surface area contributed by atoms with E-state index in [0.717, 1.165) is 24.1 Å². The lowest BCUT2D eigenvalue weighted by Gasteiger charge is -2.45. The Morgan fingerprint density at radius 3 is 2.75 bits per heavy atom. The third-order valence-corrected chi connectivity index (χ3v) is 4.92. The molecule has 2 aliphatic carbocycles. The van der Waals surface area contributed by atoms with E-state index in [0.29, 0.717) is 5.88 Å². The third kappa shape index (κ3) is 2.69. The molecule has 4 nitrogen and oxygen atoms in total. The van der Waals surface area contributed by atoms with Crippen molar-refractivity contribution in [2.45, 2.75) is 53.0 Å². The number of nitrogens with zero attached hydrogens (tertiary/aromatic N) is 1. The van der Waals surface area contributed by atoms with Gasteiger partial charge in [0.05, 0.1) is 16.6 Å². The lowest BCUT2D eigenvalue weighted by atomic mass is 9.63. The maximum absolute atomic E-state index is 12.1. The average Bonchev–Trinajstić information content (AvgIpc) is 2.44. The van der Waals surface area contributed by atoms with Crippen LogP contribution in [0, 0.1) is 11.3 Å². The number of pyridine rings is 1. The summed E-state index contributed by atoms with van der Waals surface area (Å²) in [6.45, 7) is 9.69. The Balaban J connectivity index is 2.00. The van der Waals surface area contributed by atoms with Crippen molar-refractivity contribution < 1.29 is 9.53 Å². The SMILES string of the molecule is C/C=C1\[C@H]2C=C(C)C[C@]1(N)c1ccc(OC(=O)C(C)(C)C)nc1C2. The minimum atomic E-state index is -0.554. The molecule has 4 heteroatoms. The van der Waals surface area contributed by atoms with Crippen molar-refractivity contribution in [3.8, 4) is 5.88 Å². The summed E-state index contributed by atoms with van der Waals surface area (Å²) in [5.41, 5.74) is 10.3. The van der Waals surface area contributed by atoms with Crippen molar-refractivity contribution in [2.24, 2.45) is 17.1 Å². The minimum absolute atomic E-state index is 0.279. The quantitative estimate of drug-likeness (QED) is 0.632. The van der Waals surface area contributed by atoms with Crippen LogP contribution >= 0.6 is 0 Å². The zero-order chi connectivity index (χ0) is 17.7. The van der Waals surface area contributed by atoms with Crippen molar-refractivity contribution in [2.75, 3.05) is 0 Å². The Kier molecular flexibility index (Phi) is 3.91. The van der Waals surface area contributed by atoms with Crippen LogP contribution in [0.1, 0.15) is 52.3 Å². The van der Waals surface area contributed by atoms with Crippen LogP contribution in [0.5, 0.6) is 5.88 Å². The van der Waals surface area contributed by atoms with Gasteiger partial charge in [-0.15, -0.1) is 0 Å². The number of rotatable bonds is 1. The lowest BCUT2D eigenvalue weighted by Crippen LogP contribution is -2.47. The fraction of sp³-hybridized carbons (Fsp3) is 0.500. The Bertz CT molecular complexity index is 755. The van der Waals surface area contributed by atoms with Crippen molar-refractivity contribution in [1.82, 2.24) is 4.98 Å². The largest absolute Gasteiger partial charge is 0.407 e. The van der Waals surface area contributed by atoms with Crippen LogP contribution in [0.2, 0.25) is 0 Å². The van der Waals surface area contributed by atoms with E-state index in [9.17, 15) is 4.79 Å². The molecule has 1 aromatic rings. The first-order valence-electron chi connectivity index (χ1n) is 8.50. The predicted molar refractivity (Wildman–Crippen MR) is 94.5 cm³/mol. The van der Waals surface area contributed by atoms with Gasteiger partial charge < -0.3 is 10.5 Å². The van der Waals surface area contributed by atoms with E-state index >= 15 is 0 Å². The highest BCUT2D eigenvalue weighted by Crippen LogP contribution is 2.48. The summed E-state index contributed by atoms with van der Waals surface area (Å²) in [7, 11) is 0. The molecule has 0 saturated heterocycles. The van der Waals surface area contributed by atoms with E-state index < -0.39 is 11.0 Å². The van der Waals surface area contributed by atoms with Crippen molar-refractivity contribution in [1.29, 1.82) is 0 Å². The molecule has 128 valence electrons. The van der Waals surface area contributed by atoms with E-state index in [1.165, 1.54) is 11.1 Å². The van der Waals surface area contributed by atoms with Gasteiger partial charge in [-0.25, -0.2) is 4.98 Å². The van der Waals surface area contributed by atoms with Crippen molar-refractivity contribution in [3.63, 3.8) is 0 Å². The second kappa shape index (κ2) is 5.55. The molecule has 0 amide bonds. The van der Waals surface area contributed by atoms with Crippen LogP contribution in [0.25, 0.3) is 0 Å². The summed E-state index contributed by atoms with van der Waals surface area (Å²) in [6, 6.07) is 3.74. The van der Waals surface area contributed by atoms with Gasteiger partial charge in [0.1, 0.15) is 0 Å². The summed E-state index contributed by atoms with van der Waals surface area (Å²) in [5.74, 6) is 0.362. The molecule has 1 aromatic heterocycles. The van der Waals surface area contributed by atoms with Crippen LogP contribution in [0.3, 0.4) is 0 Å². The number of hydrogen-bond acceptors (Lipinski definition) is 4. The molecule has 2 N–H and O–H groups in total. The first-order chi connectivity index (χ1) is 11.1. The Morgan fingerprint density at radius 1 is 1.42 bits per heavy atom. The molecule has 2 bridgehead atoms. The molecule has 0 saturated carbocycles. The van der Waals surface area contributed by atoms with E-state index in [1.807, 2.05) is 26.8 Å². The van der Waals surface area contributed by atoms with Gasteiger partial charge in [-0.3, -0.25) is 4.79 Å². The number of aromatic nitrogens is 1. The number of carbonyl (C=O) groups excluding carboxylic acids is 1. The van der Waals surface area contributed by atoms with Gasteiger partial charge in [0.2, 0.25) is 5.88 Å². The summed E-state index contributed by atoms with van der Waals surface area (Å²) in [4.78, 5) is 16.7. The molecular weight excluding hydrogens is 300 g/mol. The summed E-state index contributed by atoms with van der Waals surface area (Å²) < 4.78 is 5.45. The topological polar surface area (TPSA) is 65.2 Å². The van der Waals surface area contributed by atoms with Gasteiger partial charge in [0.25, 0.3) is 0 Å². The van der Waals surface area contributed by atoms with Gasteiger partial charge in [0, 0.05) is 18.4 Å². The molecule has 0 fully saturated rings. The number of allylic oxidation sites excluding steroid dienone is 2. The molecule has 0 spiro atoms. The highest BCUT2D eigenvalue weighted by atomic mass is 16.5. The zero-order valence-electron chi connectivity index (χ0n) is 15.1. The van der Waals surface area contributed by atoms with Crippen molar-refractivity contribution in [3.05, 3.63) is 46.7 Å². The van der Waals surface area contributed by atoms with Gasteiger partial charge >= 0.3 is 5.97 Å². The number of carbonyl (C=O) groups is 1. The second-order valence-electron chi connectivity index (χ2n) is 8.00. The number of hydrogen-bond donors (Lipinski definition) is 1. The molecule has 1 heterocycles. The monoisotopic (exact) mass is 326 g/mol. The second-order valence-corrected chi connectivity index (χ2v) is 8.00. The van der Waals surface area contributed by atoms with Crippen LogP contribution in [-0.2, 0) is 16.8 Å². The Labute approximate surface area is 143 Å². The highest BCUT2D eigenvalue weighted by Gasteiger charge is 2.44. The smallest absolute Gasteiger partial charge is 0.317 e. The predicted octanol–water partition coefficient (Wildman–Crippen LogP) is 3.66. The first kappa shape index (κ1) is 16.9. The fourth-order valence-electron chi connectivity index (χ4n) is 3.81. The number of nitrogens with two attached hydrogens (primary N) is 1. The standard InChI is InChI=1S/C20H26N2O2/c1-6-14-13-9-12(2)11-20(14,21)15-7-8-17(22-16(15)10-13)24-18(23)19(3,4)5/h6-9,13H,10-11,21H2,1-5H3/b14-6+/t13-,20+/m0/s1. The molecule has 0 unspecified atom stereocenters. The van der Waals surface area contributed by atoms with Crippen LogP contribution in [0.4, 0.5) is 0 Å². The molecule has 0 radical (unpaired) electrons. The third-order valence-electron chi connectivity index (χ3n) is 4.92. The summed E-state index contributed by atoms with van der Waals surface area (Å²) in [5, 5.41) is 0. The highest BCUT2D eigenvalue weighted by molar-refractivity contribution is 5.77. The summed E-state index contributed by atoms with van der Waals surface area (Å²) >= 11 is 0. The van der Waals surface area contributed by atoms with Gasteiger partial charge in [-0.05, 0) is 58.2 Å².